The molecule has 1 heterocycles. The minimum Gasteiger partial charge on any atom is -0.467 e. The topological polar surface area (TPSA) is 64.1 Å². The number of aryl methyl sites for hydroxylation is 1. The zero-order valence-corrected chi connectivity index (χ0v) is 12.7. The third kappa shape index (κ3) is 3.80. The number of anilines is 1. The zero-order valence-electron chi connectivity index (χ0n) is 12.0. The van der Waals surface area contributed by atoms with Crippen LogP contribution in [-0.4, -0.2) is 29.1 Å². The molecule has 6 heteroatoms. The van der Waals surface area contributed by atoms with Gasteiger partial charge in [-0.3, -0.25) is 0 Å². The lowest BCUT2D eigenvalue weighted by molar-refractivity contribution is -0.142. The van der Waals surface area contributed by atoms with Crippen LogP contribution >= 0.6 is 11.6 Å². The minimum absolute atomic E-state index is 0.0747. The number of rotatable bonds is 5. The highest BCUT2D eigenvalue weighted by Gasteiger charge is 2.24. The lowest BCUT2D eigenvalue weighted by atomic mass is 10.0. The van der Waals surface area contributed by atoms with Crippen molar-refractivity contribution < 1.29 is 9.53 Å². The number of hydrogen-bond acceptors (Lipinski definition) is 5. The fourth-order valence-electron chi connectivity index (χ4n) is 1.60. The number of carbonyl (C=O) groups excluding carboxylic acids is 1. The van der Waals surface area contributed by atoms with Crippen molar-refractivity contribution in [3.05, 3.63) is 16.5 Å². The van der Waals surface area contributed by atoms with E-state index in [0.717, 1.165) is 5.56 Å². The van der Waals surface area contributed by atoms with Crippen molar-refractivity contribution in [2.24, 2.45) is 5.92 Å². The summed E-state index contributed by atoms with van der Waals surface area (Å²) in [4.78, 5) is 20.3. The van der Waals surface area contributed by atoms with Crippen molar-refractivity contribution in [3.63, 3.8) is 0 Å². The van der Waals surface area contributed by atoms with Gasteiger partial charge < -0.3 is 10.1 Å². The van der Waals surface area contributed by atoms with E-state index >= 15 is 0 Å². The van der Waals surface area contributed by atoms with Gasteiger partial charge in [0.15, 0.2) is 0 Å². The molecule has 0 aliphatic carbocycles. The van der Waals surface area contributed by atoms with Crippen LogP contribution in [-0.2, 0) is 16.0 Å². The van der Waals surface area contributed by atoms with Crippen molar-refractivity contribution in [2.75, 3.05) is 12.4 Å². The van der Waals surface area contributed by atoms with Crippen molar-refractivity contribution in [1.82, 2.24) is 9.97 Å². The van der Waals surface area contributed by atoms with Gasteiger partial charge in [0.25, 0.3) is 0 Å². The molecule has 0 amide bonds. The molecule has 0 radical (unpaired) electrons. The Kier molecular flexibility index (Phi) is 5.54. The van der Waals surface area contributed by atoms with Gasteiger partial charge in [-0.05, 0) is 12.8 Å². The molecule has 0 spiro atoms. The van der Waals surface area contributed by atoms with Crippen LogP contribution in [0.15, 0.2) is 0 Å². The van der Waals surface area contributed by atoms with Crippen LogP contribution in [0.25, 0.3) is 0 Å². The number of methoxy groups -OCH3 is 1. The fraction of sp³-hybridized carbons (Fsp3) is 0.615. The van der Waals surface area contributed by atoms with Crippen LogP contribution in [0.3, 0.4) is 0 Å². The molecule has 0 aliphatic heterocycles. The maximum atomic E-state index is 11.7. The first-order chi connectivity index (χ1) is 8.90. The lowest BCUT2D eigenvalue weighted by Gasteiger charge is -2.21. The summed E-state index contributed by atoms with van der Waals surface area (Å²) in [5.41, 5.74) is 0.730. The van der Waals surface area contributed by atoms with Gasteiger partial charge in [0, 0.05) is 12.0 Å². The number of nitrogens with zero attached hydrogens (tertiary/aromatic N) is 2. The predicted molar refractivity (Wildman–Crippen MR) is 75.4 cm³/mol. The molecule has 0 aromatic carbocycles. The Balaban J connectivity index is 3.08. The normalized spacial score (nSPS) is 12.4. The Bertz CT molecular complexity index is 463. The van der Waals surface area contributed by atoms with Crippen LogP contribution in [0.5, 0.6) is 0 Å². The second-order valence-electron chi connectivity index (χ2n) is 4.65. The Morgan fingerprint density at radius 3 is 2.53 bits per heavy atom. The fourth-order valence-corrected chi connectivity index (χ4v) is 1.79. The average molecular weight is 286 g/mol. The molecular weight excluding hydrogens is 266 g/mol. The molecule has 1 aromatic rings. The van der Waals surface area contributed by atoms with E-state index in [-0.39, 0.29) is 11.9 Å². The third-order valence-electron chi connectivity index (χ3n) is 2.86. The lowest BCUT2D eigenvalue weighted by Crippen LogP contribution is -2.36. The van der Waals surface area contributed by atoms with Gasteiger partial charge >= 0.3 is 5.97 Å². The zero-order chi connectivity index (χ0) is 14.6. The molecule has 1 aromatic heterocycles. The number of hydrogen-bond donors (Lipinski definition) is 1. The van der Waals surface area contributed by atoms with E-state index < -0.39 is 6.04 Å². The van der Waals surface area contributed by atoms with Gasteiger partial charge in [0.1, 0.15) is 22.8 Å². The third-order valence-corrected chi connectivity index (χ3v) is 3.23. The number of ether oxygens (including phenoxy) is 1. The SMILES string of the molecule is CCc1nc(Cl)c(C)c(NC(C(=O)OC)C(C)C)n1. The van der Waals surface area contributed by atoms with E-state index in [0.29, 0.717) is 23.2 Å². The monoisotopic (exact) mass is 285 g/mol. The Morgan fingerprint density at radius 1 is 1.42 bits per heavy atom. The quantitative estimate of drug-likeness (QED) is 0.665. The van der Waals surface area contributed by atoms with Crippen LogP contribution in [0.1, 0.15) is 32.2 Å². The molecular formula is C13H20ClN3O2. The summed E-state index contributed by atoms with van der Waals surface area (Å²) < 4.78 is 4.79. The Morgan fingerprint density at radius 2 is 2.05 bits per heavy atom. The summed E-state index contributed by atoms with van der Waals surface area (Å²) in [5, 5.41) is 3.51. The molecule has 0 saturated carbocycles. The first-order valence-corrected chi connectivity index (χ1v) is 6.65. The predicted octanol–water partition coefficient (Wildman–Crippen LogP) is 2.61. The van der Waals surface area contributed by atoms with Gasteiger partial charge in [0.2, 0.25) is 0 Å². The van der Waals surface area contributed by atoms with Gasteiger partial charge in [-0.25, -0.2) is 14.8 Å². The summed E-state index contributed by atoms with van der Waals surface area (Å²) in [5.74, 6) is 0.985. The van der Waals surface area contributed by atoms with Crippen LogP contribution < -0.4 is 5.32 Å². The minimum atomic E-state index is -0.459. The largest absolute Gasteiger partial charge is 0.467 e. The summed E-state index contributed by atoms with van der Waals surface area (Å²) in [6, 6.07) is -0.459. The smallest absolute Gasteiger partial charge is 0.328 e. The molecule has 0 fully saturated rings. The molecule has 1 N–H and O–H groups in total. The number of carbonyl (C=O) groups is 1. The second-order valence-corrected chi connectivity index (χ2v) is 5.01. The van der Waals surface area contributed by atoms with Crippen molar-refractivity contribution >= 4 is 23.4 Å². The van der Waals surface area contributed by atoms with E-state index in [4.69, 9.17) is 16.3 Å². The molecule has 1 unspecified atom stereocenters. The molecule has 106 valence electrons. The van der Waals surface area contributed by atoms with Gasteiger partial charge in [-0.1, -0.05) is 32.4 Å². The molecule has 0 bridgehead atoms. The highest BCUT2D eigenvalue weighted by Crippen LogP contribution is 2.22. The van der Waals surface area contributed by atoms with Crippen LogP contribution in [0.2, 0.25) is 5.15 Å². The van der Waals surface area contributed by atoms with Gasteiger partial charge in [0.05, 0.1) is 7.11 Å². The highest BCUT2D eigenvalue weighted by atomic mass is 35.5. The first-order valence-electron chi connectivity index (χ1n) is 6.28. The van der Waals surface area contributed by atoms with E-state index in [1.165, 1.54) is 7.11 Å². The van der Waals surface area contributed by atoms with E-state index in [9.17, 15) is 4.79 Å². The Labute approximate surface area is 118 Å². The molecule has 1 rings (SSSR count). The number of nitrogens with one attached hydrogen (secondary N) is 1. The summed E-state index contributed by atoms with van der Waals surface area (Å²) >= 11 is 6.07. The van der Waals surface area contributed by atoms with E-state index in [1.54, 1.807) is 0 Å². The Hall–Kier alpha value is -1.36. The standard InChI is InChI=1S/C13H20ClN3O2/c1-6-9-15-11(14)8(4)12(16-9)17-10(7(2)3)13(18)19-5/h7,10H,6H2,1-5H3,(H,15,16,17). The van der Waals surface area contributed by atoms with Gasteiger partial charge in [-0.15, -0.1) is 0 Å². The van der Waals surface area contributed by atoms with Crippen LogP contribution in [0, 0.1) is 12.8 Å². The number of halogens is 1. The number of esters is 1. The number of aromatic nitrogens is 2. The maximum absolute atomic E-state index is 11.7. The average Bonchev–Trinajstić information content (AvgIpc) is 2.38. The van der Waals surface area contributed by atoms with Crippen molar-refractivity contribution in [1.29, 1.82) is 0 Å². The molecule has 0 aliphatic rings. The summed E-state index contributed by atoms with van der Waals surface area (Å²) in [6.45, 7) is 7.64. The molecule has 19 heavy (non-hydrogen) atoms. The summed E-state index contributed by atoms with van der Waals surface area (Å²) in [7, 11) is 1.37. The summed E-state index contributed by atoms with van der Waals surface area (Å²) in [6.07, 6.45) is 0.680. The van der Waals surface area contributed by atoms with Crippen molar-refractivity contribution in [3.8, 4) is 0 Å². The second kappa shape index (κ2) is 6.70. The van der Waals surface area contributed by atoms with Crippen molar-refractivity contribution in [2.45, 2.75) is 40.2 Å². The van der Waals surface area contributed by atoms with Gasteiger partial charge in [-0.2, -0.15) is 0 Å². The molecule has 1 atom stereocenters. The maximum Gasteiger partial charge on any atom is 0.328 e. The van der Waals surface area contributed by atoms with E-state index in [1.807, 2.05) is 27.7 Å². The van der Waals surface area contributed by atoms with Crippen LogP contribution in [0.4, 0.5) is 5.82 Å². The molecule has 0 saturated heterocycles. The first kappa shape index (κ1) is 15.7. The highest BCUT2D eigenvalue weighted by molar-refractivity contribution is 6.30. The van der Waals surface area contributed by atoms with E-state index in [2.05, 4.69) is 15.3 Å². The molecule has 5 nitrogen and oxygen atoms in total.